The topological polar surface area (TPSA) is 369 Å². The third kappa shape index (κ3) is 8.01. The number of rotatable bonds is 14. The highest BCUT2D eigenvalue weighted by molar-refractivity contribution is 5.56. The second-order valence-electron chi connectivity index (χ2n) is 11.5. The van der Waals surface area contributed by atoms with E-state index in [-0.39, 0.29) is 6.29 Å². The zero-order valence-corrected chi connectivity index (χ0v) is 24.2. The summed E-state index contributed by atoms with van der Waals surface area (Å²) in [6.07, 6.45) is -32.1. The van der Waals surface area contributed by atoms with Gasteiger partial charge in [0.2, 0.25) is 0 Å². The summed E-state index contributed by atoms with van der Waals surface area (Å²) in [6, 6.07) is -3.00. The molecular formula is C25H45NO20. The van der Waals surface area contributed by atoms with E-state index in [9.17, 15) is 81.4 Å². The first-order chi connectivity index (χ1) is 21.7. The molecule has 3 aliphatic rings. The van der Waals surface area contributed by atoms with Gasteiger partial charge < -0.3 is 106 Å². The van der Waals surface area contributed by atoms with Gasteiger partial charge in [-0.3, -0.25) is 0 Å². The Morgan fingerprint density at radius 3 is 1.76 bits per heavy atom. The third-order valence-corrected chi connectivity index (χ3v) is 8.59. The maximum Gasteiger partial charge on any atom is 0.187 e. The Morgan fingerprint density at radius 2 is 1.22 bits per heavy atom. The average molecular weight is 680 g/mol. The van der Waals surface area contributed by atoms with E-state index in [0.717, 1.165) is 0 Å². The predicted octanol–water partition coefficient (Wildman–Crippen LogP) is -10.7. The number of nitrogens with one attached hydrogen (secondary N) is 1. The molecule has 20 unspecified atom stereocenters. The standard InChI is InChI=1S/C25H45NO20/c27-1-6-13(34)12(17(38)18(39)14(6)35)26-11-9(4-30)43-24(20(41)16(11)37)46-23-10(5-31)44-25(21(42)19(23)40)45-22(8(33)3-29)15(36)7(32)2-28/h2,6-27,29-42H,1,3-5H2. The number of carbonyl (C=O) groups excluding carboxylic acids is 1. The Kier molecular flexibility index (Phi) is 14.5. The summed E-state index contributed by atoms with van der Waals surface area (Å²) in [4.78, 5) is 10.9. The summed E-state index contributed by atoms with van der Waals surface area (Å²) in [5, 5.41) is 156. The lowest BCUT2D eigenvalue weighted by molar-refractivity contribution is -0.363. The molecule has 0 spiro atoms. The highest BCUT2D eigenvalue weighted by Gasteiger charge is 2.54. The first-order valence-corrected chi connectivity index (χ1v) is 14.4. The molecule has 16 N–H and O–H groups in total. The van der Waals surface area contributed by atoms with Crippen LogP contribution in [0.2, 0.25) is 0 Å². The summed E-state index contributed by atoms with van der Waals surface area (Å²) in [5.74, 6) is -1.32. The maximum atomic E-state index is 10.9. The smallest absolute Gasteiger partial charge is 0.187 e. The molecule has 1 saturated carbocycles. The maximum absolute atomic E-state index is 10.9. The van der Waals surface area contributed by atoms with Crippen LogP contribution in [0.15, 0.2) is 0 Å². The quantitative estimate of drug-likeness (QED) is 0.0757. The molecule has 2 heterocycles. The number of aliphatic hydroxyl groups is 15. The Bertz CT molecular complexity index is 934. The monoisotopic (exact) mass is 679 g/mol. The van der Waals surface area contributed by atoms with Crippen LogP contribution in [-0.4, -0.2) is 226 Å². The Labute approximate surface area is 261 Å². The van der Waals surface area contributed by atoms with Gasteiger partial charge in [0.15, 0.2) is 18.9 Å². The van der Waals surface area contributed by atoms with Crippen molar-refractivity contribution in [2.24, 2.45) is 5.92 Å². The molecule has 0 aromatic heterocycles. The highest BCUT2D eigenvalue weighted by Crippen LogP contribution is 2.32. The van der Waals surface area contributed by atoms with Crippen LogP contribution in [0, 0.1) is 5.92 Å². The second-order valence-corrected chi connectivity index (χ2v) is 11.5. The number of ether oxygens (including phenoxy) is 4. The Balaban J connectivity index is 1.75. The number of aldehydes is 1. The Morgan fingerprint density at radius 1 is 0.652 bits per heavy atom. The average Bonchev–Trinajstić information content (AvgIpc) is 3.05. The molecule has 21 nitrogen and oxygen atoms in total. The van der Waals surface area contributed by atoms with Gasteiger partial charge in [-0.1, -0.05) is 0 Å². The van der Waals surface area contributed by atoms with Gasteiger partial charge in [-0.25, -0.2) is 0 Å². The van der Waals surface area contributed by atoms with Crippen LogP contribution in [0.5, 0.6) is 0 Å². The third-order valence-electron chi connectivity index (χ3n) is 8.59. The van der Waals surface area contributed by atoms with Crippen molar-refractivity contribution in [2.45, 2.75) is 116 Å². The van der Waals surface area contributed by atoms with Crippen LogP contribution in [0.3, 0.4) is 0 Å². The summed E-state index contributed by atoms with van der Waals surface area (Å²) >= 11 is 0. The summed E-state index contributed by atoms with van der Waals surface area (Å²) in [6.45, 7) is -3.69. The van der Waals surface area contributed by atoms with Gasteiger partial charge in [0, 0.05) is 5.92 Å². The van der Waals surface area contributed by atoms with Crippen LogP contribution < -0.4 is 5.32 Å². The molecule has 2 aliphatic heterocycles. The number of hydrogen-bond donors (Lipinski definition) is 16. The van der Waals surface area contributed by atoms with Gasteiger partial charge in [0.05, 0.1) is 50.7 Å². The van der Waals surface area contributed by atoms with Crippen LogP contribution in [-0.2, 0) is 23.7 Å². The molecule has 0 aromatic carbocycles. The van der Waals surface area contributed by atoms with Gasteiger partial charge in [-0.15, -0.1) is 0 Å². The van der Waals surface area contributed by atoms with Crippen LogP contribution in [0.25, 0.3) is 0 Å². The summed E-state index contributed by atoms with van der Waals surface area (Å²) in [5.41, 5.74) is 0. The number of hydrogen-bond acceptors (Lipinski definition) is 21. The fourth-order valence-electron chi connectivity index (χ4n) is 5.80. The normalized spacial score (nSPS) is 46.3. The minimum Gasteiger partial charge on any atom is -0.396 e. The molecule has 270 valence electrons. The fourth-order valence-corrected chi connectivity index (χ4v) is 5.80. The first-order valence-electron chi connectivity index (χ1n) is 14.4. The molecule has 0 radical (unpaired) electrons. The molecule has 20 atom stereocenters. The van der Waals surface area contributed by atoms with Crippen LogP contribution in [0.1, 0.15) is 0 Å². The molecule has 3 rings (SSSR count). The van der Waals surface area contributed by atoms with Gasteiger partial charge in [0.1, 0.15) is 79.4 Å². The van der Waals surface area contributed by atoms with E-state index in [1.807, 2.05) is 0 Å². The van der Waals surface area contributed by atoms with E-state index in [1.54, 1.807) is 0 Å². The molecule has 3 fully saturated rings. The van der Waals surface area contributed by atoms with Crippen molar-refractivity contribution >= 4 is 6.29 Å². The lowest BCUT2D eigenvalue weighted by atomic mass is 9.76. The summed E-state index contributed by atoms with van der Waals surface area (Å²) < 4.78 is 21.8. The number of carbonyl (C=O) groups is 1. The van der Waals surface area contributed by atoms with E-state index >= 15 is 0 Å². The SMILES string of the molecule is O=CC(O)C(O)C(OC1OC(CO)C(OC2OC(CO)C(NC3C(O)C(O)C(O)C(CO)C3O)C(O)C2O)C(O)C1O)C(O)CO. The number of aliphatic hydroxyl groups excluding tert-OH is 15. The van der Waals surface area contributed by atoms with E-state index < -0.39 is 149 Å². The highest BCUT2D eigenvalue weighted by atomic mass is 16.7. The van der Waals surface area contributed by atoms with Crippen LogP contribution >= 0.6 is 0 Å². The molecule has 21 heteroatoms. The molecule has 46 heavy (non-hydrogen) atoms. The van der Waals surface area contributed by atoms with Gasteiger partial charge in [-0.2, -0.15) is 0 Å². The predicted molar refractivity (Wildman–Crippen MR) is 142 cm³/mol. The second kappa shape index (κ2) is 17.0. The molecule has 0 amide bonds. The van der Waals surface area contributed by atoms with Crippen molar-refractivity contribution in [3.8, 4) is 0 Å². The van der Waals surface area contributed by atoms with Crippen molar-refractivity contribution in [1.82, 2.24) is 5.32 Å². The Hall–Kier alpha value is -1.13. The van der Waals surface area contributed by atoms with Crippen molar-refractivity contribution < 1.29 is 100 Å². The fraction of sp³-hybridized carbons (Fsp3) is 0.960. The van der Waals surface area contributed by atoms with Crippen molar-refractivity contribution in [3.05, 3.63) is 0 Å². The van der Waals surface area contributed by atoms with Crippen molar-refractivity contribution in [3.63, 3.8) is 0 Å². The molecule has 0 aromatic rings. The lowest BCUT2D eigenvalue weighted by Crippen LogP contribution is -2.72. The van der Waals surface area contributed by atoms with E-state index in [2.05, 4.69) is 5.32 Å². The molecule has 0 bridgehead atoms. The van der Waals surface area contributed by atoms with Gasteiger partial charge in [-0.05, 0) is 0 Å². The summed E-state index contributed by atoms with van der Waals surface area (Å²) in [7, 11) is 0. The van der Waals surface area contributed by atoms with Crippen molar-refractivity contribution in [1.29, 1.82) is 0 Å². The van der Waals surface area contributed by atoms with Crippen molar-refractivity contribution in [2.75, 3.05) is 26.4 Å². The van der Waals surface area contributed by atoms with Gasteiger partial charge >= 0.3 is 0 Å². The molecular weight excluding hydrogens is 634 g/mol. The minimum absolute atomic E-state index is 0.0961. The molecule has 1 aliphatic carbocycles. The molecule has 2 saturated heterocycles. The van der Waals surface area contributed by atoms with Crippen LogP contribution in [0.4, 0.5) is 0 Å². The van der Waals surface area contributed by atoms with Gasteiger partial charge in [0.25, 0.3) is 0 Å². The lowest BCUT2D eigenvalue weighted by Gasteiger charge is -2.50. The van der Waals surface area contributed by atoms with E-state index in [4.69, 9.17) is 18.9 Å². The zero-order valence-electron chi connectivity index (χ0n) is 24.2. The largest absolute Gasteiger partial charge is 0.396 e. The zero-order chi connectivity index (χ0) is 34.6. The first kappa shape index (κ1) is 39.3. The minimum atomic E-state index is -2.14. The van der Waals surface area contributed by atoms with E-state index in [0.29, 0.717) is 0 Å². The van der Waals surface area contributed by atoms with E-state index in [1.165, 1.54) is 0 Å².